The van der Waals surface area contributed by atoms with Gasteiger partial charge in [0.05, 0.1) is 0 Å². The van der Waals surface area contributed by atoms with Crippen molar-refractivity contribution in [1.82, 2.24) is 9.97 Å². The van der Waals surface area contributed by atoms with E-state index in [0.717, 1.165) is 5.82 Å². The lowest BCUT2D eigenvalue weighted by Crippen LogP contribution is -2.08. The summed E-state index contributed by atoms with van der Waals surface area (Å²) in [7, 11) is 4.01. The minimum atomic E-state index is 1.14. The van der Waals surface area contributed by atoms with Crippen LogP contribution in [-0.4, -0.2) is 24.1 Å². The van der Waals surface area contributed by atoms with Crippen molar-refractivity contribution in [3.63, 3.8) is 0 Å². The third-order valence-corrected chi connectivity index (χ3v) is 1.63. The van der Waals surface area contributed by atoms with Crippen molar-refractivity contribution in [2.24, 2.45) is 0 Å². The molecule has 74 valence electrons. The van der Waals surface area contributed by atoms with E-state index in [0.29, 0.717) is 0 Å². The van der Waals surface area contributed by atoms with Gasteiger partial charge in [0.15, 0.2) is 0 Å². The Morgan fingerprint density at radius 3 is 2.00 bits per heavy atom. The van der Waals surface area contributed by atoms with E-state index in [1.807, 2.05) is 55.5 Å². The van der Waals surface area contributed by atoms with Crippen molar-refractivity contribution in [2.45, 2.75) is 0 Å². The summed E-state index contributed by atoms with van der Waals surface area (Å²) in [5.41, 5.74) is 0. The van der Waals surface area contributed by atoms with E-state index in [2.05, 4.69) is 9.97 Å². The van der Waals surface area contributed by atoms with E-state index < -0.39 is 0 Å². The van der Waals surface area contributed by atoms with Gasteiger partial charge in [-0.1, -0.05) is 6.07 Å². The highest BCUT2D eigenvalue weighted by atomic mass is 15.1. The molecular weight excluding hydrogens is 174 g/mol. The number of anilines is 1. The fraction of sp³-hybridized carbons (Fsp3) is 0.182. The van der Waals surface area contributed by atoms with Crippen molar-refractivity contribution in [3.05, 3.63) is 48.9 Å². The number of aromatic amines is 1. The zero-order valence-corrected chi connectivity index (χ0v) is 8.51. The maximum absolute atomic E-state index is 3.78. The normalized spacial score (nSPS) is 8.71. The molecule has 0 aliphatic heterocycles. The van der Waals surface area contributed by atoms with E-state index in [4.69, 9.17) is 0 Å². The molecule has 14 heavy (non-hydrogen) atoms. The molecule has 1 N–H and O–H groups in total. The smallest absolute Gasteiger partial charge is 0.105 e. The molecule has 0 atom stereocenters. The Balaban J connectivity index is 0.000000146. The van der Waals surface area contributed by atoms with Crippen molar-refractivity contribution in [3.8, 4) is 0 Å². The summed E-state index contributed by atoms with van der Waals surface area (Å²) in [6.45, 7) is 0. The van der Waals surface area contributed by atoms with Crippen molar-refractivity contribution in [2.75, 3.05) is 19.0 Å². The van der Waals surface area contributed by atoms with Crippen molar-refractivity contribution >= 4 is 5.82 Å². The quantitative estimate of drug-likeness (QED) is 0.745. The van der Waals surface area contributed by atoms with Crippen LogP contribution >= 0.6 is 0 Å². The molecular formula is C11H15N3. The number of hydrogen-bond donors (Lipinski definition) is 1. The van der Waals surface area contributed by atoms with Gasteiger partial charge in [0, 0.05) is 32.7 Å². The summed E-state index contributed by atoms with van der Waals surface area (Å²) in [6.07, 6.45) is 5.41. The van der Waals surface area contributed by atoms with Crippen LogP contribution in [0.5, 0.6) is 0 Å². The lowest BCUT2D eigenvalue weighted by molar-refractivity contribution is 1.09. The van der Waals surface area contributed by atoms with Crippen LogP contribution in [0.3, 0.4) is 0 Å². The van der Waals surface area contributed by atoms with Crippen molar-refractivity contribution in [1.29, 1.82) is 0 Å². The van der Waals surface area contributed by atoms with E-state index in [1.54, 1.807) is 12.4 Å². The van der Waals surface area contributed by atoms with Crippen LogP contribution in [0.1, 0.15) is 0 Å². The second-order valence-electron chi connectivity index (χ2n) is 2.97. The summed E-state index contributed by atoms with van der Waals surface area (Å²) in [5.74, 6) is 1.14. The average molecular weight is 189 g/mol. The zero-order valence-electron chi connectivity index (χ0n) is 8.51. The molecule has 0 fully saturated rings. The van der Waals surface area contributed by atoms with E-state index in [-0.39, 0.29) is 0 Å². The minimum absolute atomic E-state index is 1.14. The van der Waals surface area contributed by atoms with Gasteiger partial charge >= 0.3 is 0 Å². The number of aromatic nitrogens is 2. The first-order chi connectivity index (χ1) is 6.80. The van der Waals surface area contributed by atoms with Gasteiger partial charge in [-0.15, -0.1) is 0 Å². The van der Waals surface area contributed by atoms with Gasteiger partial charge in [0.25, 0.3) is 0 Å². The third kappa shape index (κ3) is 3.76. The Kier molecular flexibility index (Phi) is 4.27. The molecule has 0 spiro atoms. The maximum atomic E-state index is 3.78. The molecule has 0 aromatic carbocycles. The number of pyridine rings is 1. The van der Waals surface area contributed by atoms with Crippen LogP contribution < -0.4 is 4.90 Å². The molecule has 0 aliphatic rings. The fourth-order valence-electron chi connectivity index (χ4n) is 0.912. The Hall–Kier alpha value is -1.77. The van der Waals surface area contributed by atoms with Gasteiger partial charge in [-0.25, -0.2) is 0 Å². The third-order valence-electron chi connectivity index (χ3n) is 1.63. The molecule has 0 aliphatic carbocycles. The lowest BCUT2D eigenvalue weighted by atomic mass is 10.5. The molecule has 0 saturated heterocycles. The Bertz CT molecular complexity index is 287. The largest absolute Gasteiger partial charge is 0.364 e. The highest BCUT2D eigenvalue weighted by Gasteiger charge is 1.89. The first kappa shape index (κ1) is 10.3. The monoisotopic (exact) mass is 189 g/mol. The standard InChI is InChI=1S/C6H10N2.C5H5N/c1-8(2)6-4-3-5-7-6;1-2-4-6-5-3-1/h3-5,7H,1-2H3;1-5H. The minimum Gasteiger partial charge on any atom is -0.364 e. The summed E-state index contributed by atoms with van der Waals surface area (Å²) in [6, 6.07) is 9.72. The number of nitrogens with zero attached hydrogens (tertiary/aromatic N) is 2. The molecule has 3 nitrogen and oxygen atoms in total. The van der Waals surface area contributed by atoms with Crippen LogP contribution in [0.15, 0.2) is 48.9 Å². The molecule has 2 aromatic heterocycles. The first-order valence-corrected chi connectivity index (χ1v) is 4.46. The summed E-state index contributed by atoms with van der Waals surface area (Å²) in [4.78, 5) is 8.88. The van der Waals surface area contributed by atoms with Crippen LogP contribution in [0.2, 0.25) is 0 Å². The molecule has 2 aromatic rings. The van der Waals surface area contributed by atoms with E-state index in [1.165, 1.54) is 0 Å². The highest BCUT2D eigenvalue weighted by Crippen LogP contribution is 2.03. The zero-order chi connectivity index (χ0) is 10.2. The topological polar surface area (TPSA) is 31.9 Å². The van der Waals surface area contributed by atoms with Gasteiger partial charge in [0.1, 0.15) is 5.82 Å². The molecule has 2 rings (SSSR count). The second kappa shape index (κ2) is 5.80. The lowest BCUT2D eigenvalue weighted by Gasteiger charge is -2.07. The Morgan fingerprint density at radius 1 is 1.07 bits per heavy atom. The SMILES string of the molecule is CN(C)c1ccc[nH]1.c1ccncc1. The molecule has 0 saturated carbocycles. The van der Waals surface area contributed by atoms with Crippen LogP contribution in [0.25, 0.3) is 0 Å². The number of hydrogen-bond acceptors (Lipinski definition) is 2. The highest BCUT2D eigenvalue weighted by molar-refractivity contribution is 5.35. The molecule has 0 bridgehead atoms. The van der Waals surface area contributed by atoms with Gasteiger partial charge in [0.2, 0.25) is 0 Å². The van der Waals surface area contributed by atoms with Gasteiger partial charge in [-0.3, -0.25) is 4.98 Å². The Labute approximate surface area is 84.4 Å². The predicted octanol–water partition coefficient (Wildman–Crippen LogP) is 2.16. The average Bonchev–Trinajstić information content (AvgIpc) is 2.74. The van der Waals surface area contributed by atoms with Gasteiger partial charge < -0.3 is 9.88 Å². The predicted molar refractivity (Wildman–Crippen MR) is 59.4 cm³/mol. The first-order valence-electron chi connectivity index (χ1n) is 4.46. The van der Waals surface area contributed by atoms with E-state index >= 15 is 0 Å². The number of rotatable bonds is 1. The van der Waals surface area contributed by atoms with Crippen LogP contribution in [-0.2, 0) is 0 Å². The number of nitrogens with one attached hydrogen (secondary N) is 1. The van der Waals surface area contributed by atoms with Crippen LogP contribution in [0, 0.1) is 0 Å². The second-order valence-corrected chi connectivity index (χ2v) is 2.97. The van der Waals surface area contributed by atoms with E-state index in [9.17, 15) is 0 Å². The summed E-state index contributed by atoms with van der Waals surface area (Å²) in [5, 5.41) is 0. The number of H-pyrrole nitrogens is 1. The molecule has 2 heterocycles. The fourth-order valence-corrected chi connectivity index (χ4v) is 0.912. The molecule has 0 radical (unpaired) electrons. The van der Waals surface area contributed by atoms with Gasteiger partial charge in [-0.2, -0.15) is 0 Å². The van der Waals surface area contributed by atoms with Crippen LogP contribution in [0.4, 0.5) is 5.82 Å². The molecule has 3 heteroatoms. The summed E-state index contributed by atoms with van der Waals surface area (Å²) >= 11 is 0. The molecule has 0 amide bonds. The molecule has 0 unspecified atom stereocenters. The summed E-state index contributed by atoms with van der Waals surface area (Å²) < 4.78 is 0. The Morgan fingerprint density at radius 2 is 1.79 bits per heavy atom. The van der Waals surface area contributed by atoms with Crippen molar-refractivity contribution < 1.29 is 0 Å². The maximum Gasteiger partial charge on any atom is 0.105 e. The van der Waals surface area contributed by atoms with Gasteiger partial charge in [-0.05, 0) is 24.3 Å².